The molecule has 0 unspecified atom stereocenters. The highest BCUT2D eigenvalue weighted by Crippen LogP contribution is 2.25. The molecule has 4 rings (SSSR count). The second kappa shape index (κ2) is 8.76. The van der Waals surface area contributed by atoms with Crippen LogP contribution in [-0.4, -0.2) is 46.0 Å². The molecule has 0 radical (unpaired) electrons. The minimum absolute atomic E-state index is 0.0878. The van der Waals surface area contributed by atoms with E-state index < -0.39 is 0 Å². The Morgan fingerprint density at radius 1 is 1.14 bits per heavy atom. The van der Waals surface area contributed by atoms with E-state index in [1.54, 1.807) is 18.0 Å². The topological polar surface area (TPSA) is 62.5 Å². The molecule has 1 fully saturated rings. The summed E-state index contributed by atoms with van der Waals surface area (Å²) in [6.07, 6.45) is 2.55. The van der Waals surface area contributed by atoms with Crippen LogP contribution in [0, 0.1) is 0 Å². The standard InChI is InChI=1S/C22H23ClN4O2/c1-26(15-20-24-21(25-29-20)18-6-2-3-7-19(18)23)22(28)17-10-8-16(9-11-17)14-27-12-4-5-13-27/h2-3,6-11H,4-5,12-15H2,1H3. The van der Waals surface area contributed by atoms with E-state index in [9.17, 15) is 4.79 Å². The molecule has 0 atom stereocenters. The summed E-state index contributed by atoms with van der Waals surface area (Å²) in [5.74, 6) is 0.689. The molecule has 1 aromatic heterocycles. The van der Waals surface area contributed by atoms with Crippen molar-refractivity contribution in [3.05, 3.63) is 70.6 Å². The summed E-state index contributed by atoms with van der Waals surface area (Å²) in [5, 5.41) is 4.53. The summed E-state index contributed by atoms with van der Waals surface area (Å²) in [6.45, 7) is 3.48. The number of amides is 1. The monoisotopic (exact) mass is 410 g/mol. The molecule has 6 nitrogen and oxygen atoms in total. The third kappa shape index (κ3) is 4.66. The number of carbonyl (C=O) groups is 1. The van der Waals surface area contributed by atoms with E-state index in [-0.39, 0.29) is 12.5 Å². The van der Waals surface area contributed by atoms with Crippen molar-refractivity contribution in [2.24, 2.45) is 0 Å². The number of hydrogen-bond donors (Lipinski definition) is 0. The smallest absolute Gasteiger partial charge is 0.254 e. The Morgan fingerprint density at radius 3 is 2.59 bits per heavy atom. The van der Waals surface area contributed by atoms with Gasteiger partial charge >= 0.3 is 0 Å². The molecule has 3 aromatic rings. The molecule has 0 saturated carbocycles. The highest BCUT2D eigenvalue weighted by Gasteiger charge is 2.18. The van der Waals surface area contributed by atoms with Crippen LogP contribution >= 0.6 is 11.6 Å². The average molecular weight is 411 g/mol. The molecule has 0 spiro atoms. The van der Waals surface area contributed by atoms with Crippen LogP contribution < -0.4 is 0 Å². The maximum atomic E-state index is 12.7. The maximum absolute atomic E-state index is 12.7. The van der Waals surface area contributed by atoms with Crippen molar-refractivity contribution in [2.45, 2.75) is 25.9 Å². The second-order valence-corrected chi connectivity index (χ2v) is 7.74. The average Bonchev–Trinajstić information content (AvgIpc) is 3.40. The Balaban J connectivity index is 1.39. The number of nitrogens with zero attached hydrogens (tertiary/aromatic N) is 4. The minimum Gasteiger partial charge on any atom is -0.337 e. The third-order valence-electron chi connectivity index (χ3n) is 5.11. The fraction of sp³-hybridized carbons (Fsp3) is 0.318. The molecule has 2 aromatic carbocycles. The normalized spacial score (nSPS) is 14.3. The van der Waals surface area contributed by atoms with E-state index in [1.807, 2.05) is 42.5 Å². The van der Waals surface area contributed by atoms with Gasteiger partial charge in [0, 0.05) is 24.7 Å². The highest BCUT2D eigenvalue weighted by atomic mass is 35.5. The molecule has 0 N–H and O–H groups in total. The van der Waals surface area contributed by atoms with E-state index >= 15 is 0 Å². The maximum Gasteiger partial charge on any atom is 0.254 e. The van der Waals surface area contributed by atoms with Crippen LogP contribution in [0.5, 0.6) is 0 Å². The van der Waals surface area contributed by atoms with Crippen LogP contribution in [0.1, 0.15) is 34.7 Å². The SMILES string of the molecule is CN(Cc1nc(-c2ccccc2Cl)no1)C(=O)c1ccc(CN2CCCC2)cc1. The Kier molecular flexibility index (Phi) is 5.92. The summed E-state index contributed by atoms with van der Waals surface area (Å²) in [4.78, 5) is 21.1. The molecule has 1 saturated heterocycles. The molecule has 1 amide bonds. The van der Waals surface area contributed by atoms with Gasteiger partial charge in [-0.05, 0) is 55.8 Å². The summed E-state index contributed by atoms with van der Waals surface area (Å²) in [5.41, 5.74) is 2.57. The molecule has 29 heavy (non-hydrogen) atoms. The van der Waals surface area contributed by atoms with E-state index in [1.165, 1.54) is 18.4 Å². The first-order valence-electron chi connectivity index (χ1n) is 9.74. The predicted octanol–water partition coefficient (Wildman–Crippen LogP) is 4.26. The lowest BCUT2D eigenvalue weighted by Crippen LogP contribution is -2.26. The first-order valence-corrected chi connectivity index (χ1v) is 10.1. The van der Waals surface area contributed by atoms with Crippen molar-refractivity contribution in [1.29, 1.82) is 0 Å². The van der Waals surface area contributed by atoms with Gasteiger partial charge in [0.05, 0.1) is 11.6 Å². The number of hydrogen-bond acceptors (Lipinski definition) is 5. The molecular weight excluding hydrogens is 388 g/mol. The lowest BCUT2D eigenvalue weighted by molar-refractivity contribution is 0.0769. The van der Waals surface area contributed by atoms with E-state index in [4.69, 9.17) is 16.1 Å². The number of halogens is 1. The van der Waals surface area contributed by atoms with E-state index in [0.29, 0.717) is 27.9 Å². The van der Waals surface area contributed by atoms with Crippen LogP contribution in [0.25, 0.3) is 11.4 Å². The van der Waals surface area contributed by atoms with Crippen molar-refractivity contribution in [1.82, 2.24) is 19.9 Å². The van der Waals surface area contributed by atoms with Crippen molar-refractivity contribution in [3.8, 4) is 11.4 Å². The van der Waals surface area contributed by atoms with E-state index in [2.05, 4.69) is 15.0 Å². The van der Waals surface area contributed by atoms with Crippen LogP contribution in [0.2, 0.25) is 5.02 Å². The number of benzene rings is 2. The zero-order valence-corrected chi connectivity index (χ0v) is 17.1. The van der Waals surface area contributed by atoms with Gasteiger partial charge in [-0.1, -0.05) is 41.0 Å². The molecule has 0 bridgehead atoms. The van der Waals surface area contributed by atoms with Crippen LogP contribution in [0.15, 0.2) is 53.1 Å². The Labute approximate surface area is 175 Å². The number of likely N-dealkylation sites (tertiary alicyclic amines) is 1. The first kappa shape index (κ1) is 19.6. The van der Waals surface area contributed by atoms with Gasteiger partial charge in [0.25, 0.3) is 5.91 Å². The Bertz CT molecular complexity index is 980. The number of carbonyl (C=O) groups excluding carboxylic acids is 1. The molecule has 150 valence electrons. The van der Waals surface area contributed by atoms with Crippen molar-refractivity contribution >= 4 is 17.5 Å². The molecule has 1 aliphatic rings. The molecule has 0 aliphatic carbocycles. The van der Waals surface area contributed by atoms with Crippen molar-refractivity contribution in [2.75, 3.05) is 20.1 Å². The van der Waals surface area contributed by atoms with Gasteiger partial charge in [0.2, 0.25) is 11.7 Å². The zero-order valence-electron chi connectivity index (χ0n) is 16.3. The fourth-order valence-corrected chi connectivity index (χ4v) is 3.74. The van der Waals surface area contributed by atoms with Crippen molar-refractivity contribution in [3.63, 3.8) is 0 Å². The zero-order chi connectivity index (χ0) is 20.2. The molecular formula is C22H23ClN4O2. The van der Waals surface area contributed by atoms with Gasteiger partial charge in [-0.2, -0.15) is 4.98 Å². The van der Waals surface area contributed by atoms with Gasteiger partial charge in [-0.3, -0.25) is 9.69 Å². The second-order valence-electron chi connectivity index (χ2n) is 7.33. The van der Waals surface area contributed by atoms with Crippen LogP contribution in [-0.2, 0) is 13.1 Å². The first-order chi connectivity index (χ1) is 14.1. The molecule has 1 aliphatic heterocycles. The molecule has 7 heteroatoms. The summed E-state index contributed by atoms with van der Waals surface area (Å²) < 4.78 is 5.31. The Morgan fingerprint density at radius 2 is 1.86 bits per heavy atom. The predicted molar refractivity (Wildman–Crippen MR) is 111 cm³/mol. The van der Waals surface area contributed by atoms with Crippen LogP contribution in [0.4, 0.5) is 0 Å². The van der Waals surface area contributed by atoms with Crippen LogP contribution in [0.3, 0.4) is 0 Å². The van der Waals surface area contributed by atoms with Gasteiger partial charge in [-0.15, -0.1) is 0 Å². The van der Waals surface area contributed by atoms with Gasteiger partial charge in [0.15, 0.2) is 0 Å². The van der Waals surface area contributed by atoms with Gasteiger partial charge < -0.3 is 9.42 Å². The minimum atomic E-state index is -0.0878. The summed E-state index contributed by atoms with van der Waals surface area (Å²) >= 11 is 6.18. The Hall–Kier alpha value is -2.70. The fourth-order valence-electron chi connectivity index (χ4n) is 3.52. The third-order valence-corrected chi connectivity index (χ3v) is 5.44. The van der Waals surface area contributed by atoms with E-state index in [0.717, 1.165) is 19.6 Å². The van der Waals surface area contributed by atoms with Gasteiger partial charge in [0.1, 0.15) is 0 Å². The lowest BCUT2D eigenvalue weighted by Gasteiger charge is -2.16. The van der Waals surface area contributed by atoms with Crippen molar-refractivity contribution < 1.29 is 9.32 Å². The number of aromatic nitrogens is 2. The largest absolute Gasteiger partial charge is 0.337 e. The summed E-state index contributed by atoms with van der Waals surface area (Å²) in [6, 6.07) is 15.1. The summed E-state index contributed by atoms with van der Waals surface area (Å²) in [7, 11) is 1.72. The van der Waals surface area contributed by atoms with Gasteiger partial charge in [-0.25, -0.2) is 0 Å². The number of rotatable bonds is 6. The highest BCUT2D eigenvalue weighted by molar-refractivity contribution is 6.33. The quantitative estimate of drug-likeness (QED) is 0.607. The molecule has 2 heterocycles. The lowest BCUT2D eigenvalue weighted by atomic mass is 10.1.